The summed E-state index contributed by atoms with van der Waals surface area (Å²) in [6.45, 7) is 1.17. The summed E-state index contributed by atoms with van der Waals surface area (Å²) in [4.78, 5) is 14.0. The summed E-state index contributed by atoms with van der Waals surface area (Å²) >= 11 is 12.0. The smallest absolute Gasteiger partial charge is 0.451 e. The van der Waals surface area contributed by atoms with Crippen LogP contribution in [0.2, 0.25) is 16.4 Å². The third kappa shape index (κ3) is 6.08. The molecule has 9 heteroatoms. The highest BCUT2D eigenvalue weighted by atomic mass is 35.5. The van der Waals surface area contributed by atoms with Crippen molar-refractivity contribution in [3.05, 3.63) is 33.8 Å². The summed E-state index contributed by atoms with van der Waals surface area (Å²) in [5, 5.41) is 28.9. The van der Waals surface area contributed by atoms with Gasteiger partial charge in [-0.1, -0.05) is 35.7 Å². The SMILES string of the molecule is CN(Cc1ccc(Cl)c(Cl)c1)C[C@@H]1CCC(CCB(O)O)C[C@]1(N)C(=O)O. The molecule has 1 aromatic rings. The van der Waals surface area contributed by atoms with Gasteiger partial charge < -0.3 is 25.8 Å². The number of nitrogens with zero attached hydrogens (tertiary/aromatic N) is 1. The third-order valence-electron chi connectivity index (χ3n) is 5.48. The molecule has 0 heterocycles. The van der Waals surface area contributed by atoms with Gasteiger partial charge in [-0.3, -0.25) is 4.79 Å². The van der Waals surface area contributed by atoms with E-state index in [2.05, 4.69) is 0 Å². The fourth-order valence-corrected chi connectivity index (χ4v) is 4.30. The molecule has 1 aromatic carbocycles. The Morgan fingerprint density at radius 2 is 2.04 bits per heavy atom. The molecule has 0 saturated heterocycles. The average Bonchev–Trinajstić information content (AvgIpc) is 2.58. The molecule has 1 unspecified atom stereocenters. The number of benzene rings is 1. The predicted molar refractivity (Wildman–Crippen MR) is 108 cm³/mol. The van der Waals surface area contributed by atoms with Crippen molar-refractivity contribution in [3.8, 4) is 0 Å². The van der Waals surface area contributed by atoms with Gasteiger partial charge in [0, 0.05) is 19.0 Å². The molecule has 2 rings (SSSR count). The van der Waals surface area contributed by atoms with Crippen LogP contribution in [0.25, 0.3) is 0 Å². The lowest BCUT2D eigenvalue weighted by molar-refractivity contribution is -0.148. The molecule has 0 amide bonds. The molecule has 0 radical (unpaired) electrons. The van der Waals surface area contributed by atoms with Crippen molar-refractivity contribution >= 4 is 36.3 Å². The number of rotatable bonds is 8. The van der Waals surface area contributed by atoms with Crippen LogP contribution >= 0.6 is 23.2 Å². The van der Waals surface area contributed by atoms with Gasteiger partial charge in [0.25, 0.3) is 0 Å². The Morgan fingerprint density at radius 1 is 1.33 bits per heavy atom. The Kier molecular flexibility index (Phi) is 7.98. The van der Waals surface area contributed by atoms with Crippen molar-refractivity contribution in [2.24, 2.45) is 17.6 Å². The molecule has 0 bridgehead atoms. The summed E-state index contributed by atoms with van der Waals surface area (Å²) < 4.78 is 0. The molecule has 0 aliphatic heterocycles. The quantitative estimate of drug-likeness (QED) is 0.485. The second-order valence-corrected chi connectivity index (χ2v) is 8.51. The fourth-order valence-electron chi connectivity index (χ4n) is 3.98. The molecule has 0 aromatic heterocycles. The zero-order valence-corrected chi connectivity index (χ0v) is 17.0. The van der Waals surface area contributed by atoms with E-state index in [-0.39, 0.29) is 18.2 Å². The second-order valence-electron chi connectivity index (χ2n) is 7.69. The van der Waals surface area contributed by atoms with Crippen molar-refractivity contribution in [1.29, 1.82) is 0 Å². The van der Waals surface area contributed by atoms with E-state index in [1.165, 1.54) is 0 Å². The topological polar surface area (TPSA) is 107 Å². The van der Waals surface area contributed by atoms with Crippen molar-refractivity contribution < 1.29 is 19.9 Å². The lowest BCUT2D eigenvalue weighted by atomic mass is 9.66. The number of hydrogen-bond donors (Lipinski definition) is 4. The molecule has 0 spiro atoms. The zero-order chi connectivity index (χ0) is 20.2. The molecule has 1 aliphatic rings. The number of carboxylic acid groups (broad SMARTS) is 1. The van der Waals surface area contributed by atoms with E-state index in [1.807, 2.05) is 24.1 Å². The van der Waals surface area contributed by atoms with Crippen molar-refractivity contribution in [2.45, 2.75) is 44.1 Å². The van der Waals surface area contributed by atoms with Crippen molar-refractivity contribution in [3.63, 3.8) is 0 Å². The van der Waals surface area contributed by atoms with Crippen LogP contribution in [0.4, 0.5) is 0 Å². The van der Waals surface area contributed by atoms with Gasteiger partial charge in [0.2, 0.25) is 0 Å². The van der Waals surface area contributed by atoms with Crippen LogP contribution in [0.5, 0.6) is 0 Å². The highest BCUT2D eigenvalue weighted by Crippen LogP contribution is 2.38. The molecular formula is C18H27BCl2N2O4. The molecule has 27 heavy (non-hydrogen) atoms. The van der Waals surface area contributed by atoms with Gasteiger partial charge in [-0.15, -0.1) is 0 Å². The first-order valence-electron chi connectivity index (χ1n) is 9.12. The molecular weight excluding hydrogens is 390 g/mol. The maximum atomic E-state index is 11.9. The summed E-state index contributed by atoms with van der Waals surface area (Å²) in [5.41, 5.74) is 6.02. The Balaban J connectivity index is 2.00. The Hall–Kier alpha value is -0.825. The second kappa shape index (κ2) is 9.59. The van der Waals surface area contributed by atoms with Gasteiger partial charge >= 0.3 is 13.1 Å². The van der Waals surface area contributed by atoms with Gasteiger partial charge in [-0.05, 0) is 56.2 Å². The highest BCUT2D eigenvalue weighted by molar-refractivity contribution is 6.42. The predicted octanol–water partition coefficient (Wildman–Crippen LogP) is 2.49. The summed E-state index contributed by atoms with van der Waals surface area (Å²) in [5.74, 6) is -1.09. The maximum absolute atomic E-state index is 11.9. The number of carbonyl (C=O) groups is 1. The molecule has 1 saturated carbocycles. The van der Waals surface area contributed by atoms with Gasteiger partial charge in [0.15, 0.2) is 0 Å². The van der Waals surface area contributed by atoms with E-state index in [1.54, 1.807) is 6.07 Å². The summed E-state index contributed by atoms with van der Waals surface area (Å²) in [7, 11) is 0.566. The fraction of sp³-hybridized carbons (Fsp3) is 0.611. The van der Waals surface area contributed by atoms with E-state index in [0.29, 0.717) is 42.4 Å². The van der Waals surface area contributed by atoms with Crippen LogP contribution in [-0.2, 0) is 11.3 Å². The summed E-state index contributed by atoms with van der Waals surface area (Å²) in [6.07, 6.45) is 2.68. The van der Waals surface area contributed by atoms with E-state index >= 15 is 0 Å². The maximum Gasteiger partial charge on any atom is 0.451 e. The largest absolute Gasteiger partial charge is 0.480 e. The molecule has 150 valence electrons. The number of aliphatic carboxylic acids is 1. The van der Waals surface area contributed by atoms with Crippen LogP contribution in [0.15, 0.2) is 18.2 Å². The van der Waals surface area contributed by atoms with Gasteiger partial charge in [-0.25, -0.2) is 0 Å². The molecule has 3 atom stereocenters. The first-order valence-corrected chi connectivity index (χ1v) is 9.88. The standard InChI is InChI=1S/C18H27BCl2N2O4/c1-23(10-13-3-5-15(20)16(21)8-13)11-14-4-2-12(6-7-19(26)27)9-18(14,22)17(24)25/h3,5,8,12,14,26-27H,2,4,6-7,9-11,22H2,1H3,(H,24,25)/t12?,14-,18+/m0/s1. The van der Waals surface area contributed by atoms with Crippen LogP contribution in [0, 0.1) is 11.8 Å². The van der Waals surface area contributed by atoms with Gasteiger partial charge in [0.1, 0.15) is 5.54 Å². The van der Waals surface area contributed by atoms with Crippen molar-refractivity contribution in [2.75, 3.05) is 13.6 Å². The van der Waals surface area contributed by atoms with Gasteiger partial charge in [0.05, 0.1) is 10.0 Å². The summed E-state index contributed by atoms with van der Waals surface area (Å²) in [6, 6.07) is 5.46. The van der Waals surface area contributed by atoms with E-state index in [0.717, 1.165) is 12.0 Å². The number of carboxylic acids is 1. The molecule has 1 aliphatic carbocycles. The van der Waals surface area contributed by atoms with Crippen LogP contribution < -0.4 is 5.73 Å². The van der Waals surface area contributed by atoms with Crippen LogP contribution in [0.1, 0.15) is 31.2 Å². The van der Waals surface area contributed by atoms with Crippen molar-refractivity contribution in [1.82, 2.24) is 4.90 Å². The number of halogens is 2. The zero-order valence-electron chi connectivity index (χ0n) is 15.4. The van der Waals surface area contributed by atoms with Gasteiger partial charge in [-0.2, -0.15) is 0 Å². The number of hydrogen-bond acceptors (Lipinski definition) is 5. The van der Waals surface area contributed by atoms with Crippen LogP contribution in [-0.4, -0.2) is 52.3 Å². The lowest BCUT2D eigenvalue weighted by Crippen LogP contribution is -2.59. The Labute approximate surface area is 170 Å². The monoisotopic (exact) mass is 416 g/mol. The molecule has 1 fully saturated rings. The lowest BCUT2D eigenvalue weighted by Gasteiger charge is -2.43. The van der Waals surface area contributed by atoms with Crippen LogP contribution in [0.3, 0.4) is 0 Å². The number of nitrogens with two attached hydrogens (primary N) is 1. The van der Waals surface area contributed by atoms with E-state index in [4.69, 9.17) is 39.0 Å². The minimum Gasteiger partial charge on any atom is -0.480 e. The molecule has 5 N–H and O–H groups in total. The Morgan fingerprint density at radius 3 is 2.63 bits per heavy atom. The molecule has 6 nitrogen and oxygen atoms in total. The van der Waals surface area contributed by atoms with E-state index in [9.17, 15) is 9.90 Å². The minimum atomic E-state index is -1.36. The minimum absolute atomic E-state index is 0.0875. The average molecular weight is 417 g/mol. The highest BCUT2D eigenvalue weighted by Gasteiger charge is 2.47. The van der Waals surface area contributed by atoms with E-state index < -0.39 is 18.6 Å². The normalized spacial score (nSPS) is 25.6. The first kappa shape index (κ1) is 22.5. The first-order chi connectivity index (χ1) is 12.6. The third-order valence-corrected chi connectivity index (χ3v) is 6.22. The Bertz CT molecular complexity index is 664.